The Morgan fingerprint density at radius 3 is 3.08 bits per heavy atom. The summed E-state index contributed by atoms with van der Waals surface area (Å²) in [5, 5.41) is 4.13. The number of aryl methyl sites for hydroxylation is 1. The highest BCUT2D eigenvalue weighted by atomic mass is 16.5. The fourth-order valence-corrected chi connectivity index (χ4v) is 1.20. The summed E-state index contributed by atoms with van der Waals surface area (Å²) in [5.41, 5.74) is 1.28. The van der Waals surface area contributed by atoms with Crippen molar-refractivity contribution in [1.29, 1.82) is 0 Å². The van der Waals surface area contributed by atoms with Gasteiger partial charge in [-0.05, 0) is 6.92 Å². The van der Waals surface area contributed by atoms with Crippen molar-refractivity contribution in [3.05, 3.63) is 28.3 Å². The number of hydrogen-bond donors (Lipinski definition) is 1. The highest BCUT2D eigenvalue weighted by molar-refractivity contribution is 5.39. The molecular weight excluding hydrogens is 170 g/mol. The molecule has 2 rings (SSSR count). The van der Waals surface area contributed by atoms with E-state index in [4.69, 9.17) is 4.74 Å². The van der Waals surface area contributed by atoms with Crippen LogP contribution in [0.3, 0.4) is 0 Å². The molecule has 0 unspecified atom stereocenters. The zero-order chi connectivity index (χ0) is 9.42. The largest absolute Gasteiger partial charge is 0.490 e. The minimum Gasteiger partial charge on any atom is -0.490 e. The van der Waals surface area contributed by atoms with Crippen LogP contribution in [-0.2, 0) is 0 Å². The smallest absolute Gasteiger partial charge is 0.293 e. The average Bonchev–Trinajstić information content (AvgIpc) is 2.42. The van der Waals surface area contributed by atoms with Crippen molar-refractivity contribution < 1.29 is 4.74 Å². The van der Waals surface area contributed by atoms with Crippen LogP contribution in [0.5, 0.6) is 5.75 Å². The minimum absolute atomic E-state index is 0.241. The summed E-state index contributed by atoms with van der Waals surface area (Å²) in [7, 11) is 1.45. The summed E-state index contributed by atoms with van der Waals surface area (Å²) < 4.78 is 6.44. The van der Waals surface area contributed by atoms with E-state index in [1.54, 1.807) is 16.8 Å². The Labute approximate surface area is 74.0 Å². The molecule has 0 spiro atoms. The van der Waals surface area contributed by atoms with E-state index in [2.05, 4.69) is 10.1 Å². The molecule has 13 heavy (non-hydrogen) atoms. The van der Waals surface area contributed by atoms with E-state index in [1.807, 2.05) is 6.92 Å². The lowest BCUT2D eigenvalue weighted by atomic mass is 10.5. The van der Waals surface area contributed by atoms with Crippen molar-refractivity contribution in [3.8, 4) is 5.75 Å². The molecule has 5 nitrogen and oxygen atoms in total. The molecule has 1 N–H and O–H groups in total. The maximum Gasteiger partial charge on any atom is 0.293 e. The molecule has 0 radical (unpaired) electrons. The van der Waals surface area contributed by atoms with Crippen LogP contribution in [0.4, 0.5) is 0 Å². The van der Waals surface area contributed by atoms with Gasteiger partial charge in [0.05, 0.1) is 19.0 Å². The van der Waals surface area contributed by atoms with Crippen LogP contribution in [0.2, 0.25) is 0 Å². The maximum atomic E-state index is 11.3. The van der Waals surface area contributed by atoms with Crippen LogP contribution in [-0.4, -0.2) is 21.7 Å². The Kier molecular flexibility index (Phi) is 1.58. The van der Waals surface area contributed by atoms with Gasteiger partial charge in [0.1, 0.15) is 5.65 Å². The van der Waals surface area contributed by atoms with Crippen molar-refractivity contribution in [1.82, 2.24) is 14.6 Å². The Hall–Kier alpha value is -1.78. The molecule has 2 aromatic rings. The van der Waals surface area contributed by atoms with Gasteiger partial charge in [-0.2, -0.15) is 5.10 Å². The summed E-state index contributed by atoms with van der Waals surface area (Å²) in [6.45, 7) is 1.86. The van der Waals surface area contributed by atoms with E-state index in [0.29, 0.717) is 5.65 Å². The fraction of sp³-hybridized carbons (Fsp3) is 0.250. The molecule has 0 saturated heterocycles. The van der Waals surface area contributed by atoms with Gasteiger partial charge < -0.3 is 9.72 Å². The zero-order valence-electron chi connectivity index (χ0n) is 7.37. The van der Waals surface area contributed by atoms with Gasteiger partial charge in [0.2, 0.25) is 5.75 Å². The number of rotatable bonds is 1. The van der Waals surface area contributed by atoms with Crippen molar-refractivity contribution >= 4 is 5.65 Å². The second-order valence-electron chi connectivity index (χ2n) is 2.77. The lowest BCUT2D eigenvalue weighted by molar-refractivity contribution is 0.405. The van der Waals surface area contributed by atoms with Crippen LogP contribution in [0.25, 0.3) is 5.65 Å². The maximum absolute atomic E-state index is 11.3. The zero-order valence-corrected chi connectivity index (χ0v) is 7.37. The van der Waals surface area contributed by atoms with E-state index in [1.165, 1.54) is 7.11 Å². The predicted molar refractivity (Wildman–Crippen MR) is 47.1 cm³/mol. The second-order valence-corrected chi connectivity index (χ2v) is 2.77. The molecule has 2 heterocycles. The number of fused-ring (bicyclic) bond motifs is 1. The second kappa shape index (κ2) is 2.62. The molecule has 0 aliphatic carbocycles. The van der Waals surface area contributed by atoms with Crippen LogP contribution < -0.4 is 10.3 Å². The summed E-state index contributed by atoms with van der Waals surface area (Å²) in [5.74, 6) is 0.260. The van der Waals surface area contributed by atoms with Crippen molar-refractivity contribution in [2.24, 2.45) is 0 Å². The Morgan fingerprint density at radius 2 is 2.38 bits per heavy atom. The van der Waals surface area contributed by atoms with E-state index in [9.17, 15) is 4.79 Å². The van der Waals surface area contributed by atoms with Gasteiger partial charge in [0.25, 0.3) is 5.56 Å². The van der Waals surface area contributed by atoms with E-state index in [-0.39, 0.29) is 11.3 Å². The molecule has 0 bridgehead atoms. The first-order valence-electron chi connectivity index (χ1n) is 3.84. The molecule has 2 aromatic heterocycles. The molecular formula is C8H9N3O2. The lowest BCUT2D eigenvalue weighted by Gasteiger charge is -1.97. The van der Waals surface area contributed by atoms with Crippen LogP contribution >= 0.6 is 0 Å². The van der Waals surface area contributed by atoms with Gasteiger partial charge in [-0.1, -0.05) is 0 Å². The van der Waals surface area contributed by atoms with Crippen LogP contribution in [0.15, 0.2) is 17.1 Å². The van der Waals surface area contributed by atoms with Crippen LogP contribution in [0, 0.1) is 6.92 Å². The number of hydrogen-bond acceptors (Lipinski definition) is 3. The average molecular weight is 179 g/mol. The Balaban J connectivity index is 2.80. The molecule has 68 valence electrons. The summed E-state index contributed by atoms with van der Waals surface area (Å²) >= 11 is 0. The molecule has 0 aromatic carbocycles. The molecule has 0 aliphatic rings. The predicted octanol–water partition coefficient (Wildman–Crippen LogP) is 0.340. The van der Waals surface area contributed by atoms with Crippen molar-refractivity contribution in [2.45, 2.75) is 6.92 Å². The summed E-state index contributed by atoms with van der Waals surface area (Å²) in [6.07, 6.45) is 1.56. The quantitative estimate of drug-likeness (QED) is 0.686. The first-order valence-corrected chi connectivity index (χ1v) is 3.84. The van der Waals surface area contributed by atoms with Crippen LogP contribution in [0.1, 0.15) is 5.69 Å². The normalized spacial score (nSPS) is 10.6. The molecule has 0 amide bonds. The van der Waals surface area contributed by atoms with E-state index >= 15 is 0 Å². The summed E-state index contributed by atoms with van der Waals surface area (Å²) in [4.78, 5) is 13.9. The molecule has 0 saturated carbocycles. The number of ether oxygens (including phenoxy) is 1. The van der Waals surface area contributed by atoms with Crippen molar-refractivity contribution in [2.75, 3.05) is 7.11 Å². The monoisotopic (exact) mass is 179 g/mol. The Bertz CT molecular complexity index is 498. The van der Waals surface area contributed by atoms with Gasteiger partial charge in [-0.3, -0.25) is 4.79 Å². The van der Waals surface area contributed by atoms with Gasteiger partial charge in [-0.25, -0.2) is 4.52 Å². The number of aromatic nitrogens is 3. The number of H-pyrrole nitrogens is 1. The van der Waals surface area contributed by atoms with Gasteiger partial charge in [-0.15, -0.1) is 0 Å². The highest BCUT2D eigenvalue weighted by Gasteiger charge is 2.03. The highest BCUT2D eigenvalue weighted by Crippen LogP contribution is 2.05. The number of nitrogens with one attached hydrogen (secondary N) is 1. The number of aromatic amines is 1. The number of nitrogens with zero attached hydrogens (tertiary/aromatic N) is 2. The minimum atomic E-state index is -0.241. The van der Waals surface area contributed by atoms with Gasteiger partial charge in [0.15, 0.2) is 0 Å². The molecule has 0 aliphatic heterocycles. The van der Waals surface area contributed by atoms with E-state index < -0.39 is 0 Å². The third-order valence-electron chi connectivity index (χ3n) is 1.78. The Morgan fingerprint density at radius 1 is 1.62 bits per heavy atom. The first-order chi connectivity index (χ1) is 6.20. The molecule has 5 heteroatoms. The first kappa shape index (κ1) is 7.85. The number of methoxy groups -OCH3 is 1. The standard InChI is InChI=1S/C8H9N3O2/c1-5-3-7-9-8(12)6(13-2)4-11(7)10-5/h3-4H,1-2H3,(H,9,12). The third-order valence-corrected chi connectivity index (χ3v) is 1.78. The summed E-state index contributed by atoms with van der Waals surface area (Å²) in [6, 6.07) is 1.79. The third kappa shape index (κ3) is 1.18. The molecule has 0 fully saturated rings. The van der Waals surface area contributed by atoms with Gasteiger partial charge >= 0.3 is 0 Å². The molecule has 0 atom stereocenters. The SMILES string of the molecule is COc1cn2nc(C)cc2[nH]c1=O. The topological polar surface area (TPSA) is 59.4 Å². The van der Waals surface area contributed by atoms with Gasteiger partial charge in [0, 0.05) is 6.07 Å². The van der Waals surface area contributed by atoms with Crippen molar-refractivity contribution in [3.63, 3.8) is 0 Å². The van der Waals surface area contributed by atoms with E-state index in [0.717, 1.165) is 5.69 Å². The fourth-order valence-electron chi connectivity index (χ4n) is 1.20. The lowest BCUT2D eigenvalue weighted by Crippen LogP contribution is -2.11.